The van der Waals surface area contributed by atoms with Gasteiger partial charge in [0.15, 0.2) is 0 Å². The molecule has 0 amide bonds. The largest absolute Gasteiger partial charge is 0.338 e. The Bertz CT molecular complexity index is 3540. The van der Waals surface area contributed by atoms with Crippen LogP contribution < -0.4 is 15.5 Å². The molecule has 0 radical (unpaired) electrons. The van der Waals surface area contributed by atoms with Crippen LogP contribution in [0.25, 0.3) is 44.7 Å². The SMILES string of the molecule is O=c1n(-c2ccc(N(C3=CC=C(C4=CC=CCC4)CC3)c3ccc(C4C=CC=CC4)cc3)cc2)c2ccccc2n1-c1ccc(N(c2ccc(-c3ccccc3)cc2)c2ccc(-c3ccccc3)cc2)cc1. The summed E-state index contributed by atoms with van der Waals surface area (Å²) in [5.41, 5.74) is 18.5. The molecule has 3 aliphatic rings. The van der Waals surface area contributed by atoms with Gasteiger partial charge >= 0.3 is 5.69 Å². The zero-order valence-electron chi connectivity index (χ0n) is 40.1. The molecule has 1 aromatic heterocycles. The van der Waals surface area contributed by atoms with Crippen LogP contribution in [0, 0.1) is 0 Å². The van der Waals surface area contributed by atoms with Gasteiger partial charge in [-0.3, -0.25) is 9.13 Å². The molecule has 9 aromatic rings. The molecule has 5 nitrogen and oxygen atoms in total. The van der Waals surface area contributed by atoms with Gasteiger partial charge in [0.2, 0.25) is 0 Å². The van der Waals surface area contributed by atoms with E-state index in [0.29, 0.717) is 5.92 Å². The van der Waals surface area contributed by atoms with E-state index in [-0.39, 0.29) is 5.69 Å². The van der Waals surface area contributed by atoms with Crippen LogP contribution in [0.1, 0.15) is 43.6 Å². The molecule has 5 heteroatoms. The van der Waals surface area contributed by atoms with E-state index in [9.17, 15) is 4.79 Å². The molecular weight excluding hydrogens is 877 g/mol. The van der Waals surface area contributed by atoms with Gasteiger partial charge in [0.05, 0.1) is 22.4 Å². The van der Waals surface area contributed by atoms with E-state index in [1.54, 1.807) is 0 Å². The Labute approximate surface area is 421 Å². The summed E-state index contributed by atoms with van der Waals surface area (Å²) in [6.07, 6.45) is 25.3. The molecule has 0 bridgehead atoms. The lowest BCUT2D eigenvalue weighted by molar-refractivity contribution is 0.846. The Morgan fingerprint density at radius 1 is 0.389 bits per heavy atom. The van der Waals surface area contributed by atoms with Crippen LogP contribution in [0.15, 0.2) is 283 Å². The maximum absolute atomic E-state index is 14.9. The Kier molecular flexibility index (Phi) is 12.2. The summed E-state index contributed by atoms with van der Waals surface area (Å²) in [6, 6.07) is 72.4. The molecule has 1 atom stereocenters. The number of allylic oxidation sites excluding steroid dienone is 12. The highest BCUT2D eigenvalue weighted by Crippen LogP contribution is 2.40. The third-order valence-electron chi connectivity index (χ3n) is 14.3. The minimum Gasteiger partial charge on any atom is -0.314 e. The van der Waals surface area contributed by atoms with Crippen LogP contribution in [0.3, 0.4) is 0 Å². The second-order valence-electron chi connectivity index (χ2n) is 18.7. The Hall–Kier alpha value is -8.93. The van der Waals surface area contributed by atoms with Crippen molar-refractivity contribution in [2.45, 2.75) is 38.0 Å². The Morgan fingerprint density at radius 2 is 0.861 bits per heavy atom. The van der Waals surface area contributed by atoms with Gasteiger partial charge in [-0.25, -0.2) is 4.79 Å². The second-order valence-corrected chi connectivity index (χ2v) is 18.7. The summed E-state index contributed by atoms with van der Waals surface area (Å²) in [7, 11) is 0. The fourth-order valence-corrected chi connectivity index (χ4v) is 10.6. The van der Waals surface area contributed by atoms with Gasteiger partial charge in [-0.2, -0.15) is 0 Å². The zero-order valence-corrected chi connectivity index (χ0v) is 40.1. The van der Waals surface area contributed by atoms with Crippen molar-refractivity contribution < 1.29 is 0 Å². The van der Waals surface area contributed by atoms with Crippen LogP contribution in [0.5, 0.6) is 0 Å². The van der Waals surface area contributed by atoms with Crippen molar-refractivity contribution in [1.82, 2.24) is 9.13 Å². The van der Waals surface area contributed by atoms with E-state index in [0.717, 1.165) is 94.1 Å². The summed E-state index contributed by atoms with van der Waals surface area (Å²) < 4.78 is 3.68. The molecule has 0 saturated carbocycles. The van der Waals surface area contributed by atoms with Crippen molar-refractivity contribution in [2.75, 3.05) is 9.80 Å². The lowest BCUT2D eigenvalue weighted by Gasteiger charge is -2.31. The van der Waals surface area contributed by atoms with Gasteiger partial charge in [0.1, 0.15) is 0 Å². The van der Waals surface area contributed by atoms with Gasteiger partial charge in [-0.05, 0) is 174 Å². The molecule has 348 valence electrons. The van der Waals surface area contributed by atoms with Gasteiger partial charge < -0.3 is 9.80 Å². The summed E-state index contributed by atoms with van der Waals surface area (Å²) in [4.78, 5) is 19.6. The summed E-state index contributed by atoms with van der Waals surface area (Å²) in [5, 5.41) is 0. The number of anilines is 5. The lowest BCUT2D eigenvalue weighted by atomic mass is 9.90. The van der Waals surface area contributed by atoms with E-state index in [2.05, 4.69) is 234 Å². The highest BCUT2D eigenvalue weighted by Gasteiger charge is 2.22. The van der Waals surface area contributed by atoms with Gasteiger partial charge in [0, 0.05) is 40.1 Å². The molecule has 3 aliphatic carbocycles. The molecule has 0 fully saturated rings. The molecule has 12 rings (SSSR count). The first-order chi connectivity index (χ1) is 35.6. The summed E-state index contributed by atoms with van der Waals surface area (Å²) >= 11 is 0. The first-order valence-electron chi connectivity index (χ1n) is 25.2. The maximum Gasteiger partial charge on any atom is 0.338 e. The molecule has 0 N–H and O–H groups in total. The molecule has 1 unspecified atom stereocenters. The van der Waals surface area contributed by atoms with Crippen molar-refractivity contribution in [3.05, 3.63) is 294 Å². The average molecular weight is 931 g/mol. The lowest BCUT2D eigenvalue weighted by Crippen LogP contribution is -2.22. The number of benzene rings is 8. The Morgan fingerprint density at radius 3 is 1.33 bits per heavy atom. The second kappa shape index (κ2) is 19.8. The minimum atomic E-state index is -0.125. The fourth-order valence-electron chi connectivity index (χ4n) is 10.6. The Balaban J connectivity index is 0.882. The van der Waals surface area contributed by atoms with E-state index in [1.165, 1.54) is 33.5 Å². The summed E-state index contributed by atoms with van der Waals surface area (Å²) in [5.74, 6) is 0.383. The minimum absolute atomic E-state index is 0.125. The van der Waals surface area contributed by atoms with Crippen molar-refractivity contribution in [3.8, 4) is 33.6 Å². The molecule has 8 aromatic carbocycles. The molecule has 0 saturated heterocycles. The van der Waals surface area contributed by atoms with Crippen LogP contribution in [-0.2, 0) is 0 Å². The monoisotopic (exact) mass is 930 g/mol. The third-order valence-corrected chi connectivity index (χ3v) is 14.3. The number of nitrogens with zero attached hydrogens (tertiary/aromatic N) is 4. The normalized spacial score (nSPS) is 15.2. The maximum atomic E-state index is 14.9. The van der Waals surface area contributed by atoms with Crippen molar-refractivity contribution in [3.63, 3.8) is 0 Å². The highest BCUT2D eigenvalue weighted by molar-refractivity contribution is 5.83. The molecule has 0 aliphatic heterocycles. The predicted octanol–water partition coefficient (Wildman–Crippen LogP) is 17.2. The molecule has 0 spiro atoms. The standard InChI is InChI=1S/C67H54N4O/c72-67-70(63-45-41-61(42-46-63)68(57-33-25-53(26-34-57)49-15-5-1-6-16-49)58-35-27-54(28-36-58)50-17-7-2-8-18-50)65-23-13-14-24-66(65)71(67)64-47-43-62(44-48-64)69(59-37-29-55(30-38-59)51-19-9-3-10-20-51)60-39-31-56(32-40-60)52-21-11-4-12-22-52/h1-11,13-19,21,23-31,33-39,41-48,51H,12,20,22,32,40H2. The predicted molar refractivity (Wildman–Crippen MR) is 301 cm³/mol. The van der Waals surface area contributed by atoms with E-state index in [4.69, 9.17) is 0 Å². The quantitative estimate of drug-likeness (QED) is 0.122. The topological polar surface area (TPSA) is 33.4 Å². The van der Waals surface area contributed by atoms with Gasteiger partial charge in [-0.15, -0.1) is 0 Å². The molecular formula is C67H54N4O. The number of para-hydroxylation sites is 2. The smallest absolute Gasteiger partial charge is 0.314 e. The number of rotatable bonds is 12. The van der Waals surface area contributed by atoms with E-state index >= 15 is 0 Å². The van der Waals surface area contributed by atoms with E-state index in [1.807, 2.05) is 45.5 Å². The van der Waals surface area contributed by atoms with E-state index < -0.39 is 0 Å². The average Bonchev–Trinajstić information content (AvgIpc) is 3.76. The fraction of sp³-hybridized carbons (Fsp3) is 0.0896. The number of hydrogen-bond donors (Lipinski definition) is 0. The first-order valence-corrected chi connectivity index (χ1v) is 25.2. The van der Waals surface area contributed by atoms with Crippen LogP contribution >= 0.6 is 0 Å². The van der Waals surface area contributed by atoms with Crippen molar-refractivity contribution >= 4 is 39.5 Å². The van der Waals surface area contributed by atoms with Gasteiger partial charge in [0.25, 0.3) is 0 Å². The van der Waals surface area contributed by atoms with Crippen LogP contribution in [-0.4, -0.2) is 9.13 Å². The van der Waals surface area contributed by atoms with Crippen LogP contribution in [0.2, 0.25) is 0 Å². The zero-order chi connectivity index (χ0) is 48.2. The number of imidazole rings is 1. The number of hydrogen-bond acceptors (Lipinski definition) is 3. The third kappa shape index (κ3) is 8.82. The van der Waals surface area contributed by atoms with Crippen LogP contribution in [0.4, 0.5) is 28.4 Å². The molecule has 1 heterocycles. The van der Waals surface area contributed by atoms with Crippen molar-refractivity contribution in [1.29, 1.82) is 0 Å². The summed E-state index contributed by atoms with van der Waals surface area (Å²) in [6.45, 7) is 0. The van der Waals surface area contributed by atoms with Gasteiger partial charge in [-0.1, -0.05) is 158 Å². The number of fused-ring (bicyclic) bond motifs is 1. The first kappa shape index (κ1) is 44.3. The highest BCUT2D eigenvalue weighted by atomic mass is 16.1. The molecule has 72 heavy (non-hydrogen) atoms. The van der Waals surface area contributed by atoms with Crippen molar-refractivity contribution in [2.24, 2.45) is 0 Å². The number of aromatic nitrogens is 2.